The number of nitrogens with one attached hydrogen (secondary N) is 1. The predicted molar refractivity (Wildman–Crippen MR) is 89.5 cm³/mol. The molecule has 1 heterocycles. The highest BCUT2D eigenvalue weighted by Crippen LogP contribution is 2.33. The molecule has 0 radical (unpaired) electrons. The van der Waals surface area contributed by atoms with Crippen LogP contribution in [0.3, 0.4) is 0 Å². The first kappa shape index (κ1) is 17.1. The molecule has 0 aliphatic rings. The molecule has 1 N–H and O–H groups in total. The van der Waals surface area contributed by atoms with E-state index in [9.17, 15) is 18.0 Å². The first-order valence-electron chi connectivity index (χ1n) is 7.23. The Bertz CT molecular complexity index is 921. The summed E-state index contributed by atoms with van der Waals surface area (Å²) >= 11 is 1.10. The molecule has 0 saturated heterocycles. The first-order valence-corrected chi connectivity index (χ1v) is 8.04. The van der Waals surface area contributed by atoms with E-state index in [0.29, 0.717) is 5.01 Å². The zero-order valence-corrected chi connectivity index (χ0v) is 13.8. The Kier molecular flexibility index (Phi) is 4.54. The third-order valence-electron chi connectivity index (χ3n) is 3.39. The number of carbonyl (C=O) groups excluding carboxylic acids is 1. The van der Waals surface area contributed by atoms with E-state index < -0.39 is 23.2 Å². The Balaban J connectivity index is 1.84. The van der Waals surface area contributed by atoms with E-state index in [2.05, 4.69) is 15.5 Å². The molecule has 4 nitrogen and oxygen atoms in total. The summed E-state index contributed by atoms with van der Waals surface area (Å²) in [6.07, 6.45) is -4.61. The number of halogens is 3. The number of alkyl halides is 3. The minimum absolute atomic E-state index is 0.137. The minimum Gasteiger partial charge on any atom is -0.296 e. The van der Waals surface area contributed by atoms with Crippen LogP contribution in [0.15, 0.2) is 48.5 Å². The molecule has 1 amide bonds. The van der Waals surface area contributed by atoms with Gasteiger partial charge in [-0.05, 0) is 25.1 Å². The number of hydrogen-bond acceptors (Lipinski definition) is 4. The van der Waals surface area contributed by atoms with E-state index in [-0.39, 0.29) is 5.13 Å². The number of rotatable bonds is 3. The fraction of sp³-hybridized carbons (Fsp3) is 0.118. The van der Waals surface area contributed by atoms with Crippen LogP contribution in [-0.4, -0.2) is 16.1 Å². The van der Waals surface area contributed by atoms with Crippen molar-refractivity contribution in [1.29, 1.82) is 0 Å². The molecule has 0 saturated carbocycles. The van der Waals surface area contributed by atoms with Crippen LogP contribution in [0.2, 0.25) is 0 Å². The largest absolute Gasteiger partial charge is 0.417 e. The summed E-state index contributed by atoms with van der Waals surface area (Å²) in [4.78, 5) is 12.2. The molecule has 0 fully saturated rings. The second-order valence-corrected chi connectivity index (χ2v) is 6.26. The number of anilines is 1. The van der Waals surface area contributed by atoms with Crippen LogP contribution in [0.25, 0.3) is 10.6 Å². The summed E-state index contributed by atoms with van der Waals surface area (Å²) in [5.74, 6) is -0.875. The SMILES string of the molecule is Cc1cccc(-c2nnc(NC(=O)c3ccccc3C(F)(F)F)s2)c1. The molecule has 0 spiro atoms. The van der Waals surface area contributed by atoms with E-state index in [1.165, 1.54) is 12.1 Å². The fourth-order valence-corrected chi connectivity index (χ4v) is 3.00. The molecule has 1 aromatic heterocycles. The maximum absolute atomic E-state index is 13.0. The smallest absolute Gasteiger partial charge is 0.296 e. The molecule has 3 aromatic rings. The summed E-state index contributed by atoms with van der Waals surface area (Å²) in [6, 6.07) is 12.2. The van der Waals surface area contributed by atoms with Gasteiger partial charge in [-0.15, -0.1) is 10.2 Å². The van der Waals surface area contributed by atoms with Crippen molar-refractivity contribution in [2.24, 2.45) is 0 Å². The lowest BCUT2D eigenvalue weighted by Crippen LogP contribution is -2.18. The van der Waals surface area contributed by atoms with Crippen LogP contribution in [0, 0.1) is 6.92 Å². The van der Waals surface area contributed by atoms with Crippen LogP contribution in [-0.2, 0) is 6.18 Å². The second-order valence-electron chi connectivity index (χ2n) is 5.28. The van der Waals surface area contributed by atoms with Crippen molar-refractivity contribution in [1.82, 2.24) is 10.2 Å². The summed E-state index contributed by atoms with van der Waals surface area (Å²) in [5.41, 5.74) is 0.421. The van der Waals surface area contributed by atoms with Gasteiger partial charge in [0.2, 0.25) is 5.13 Å². The molecule has 0 aliphatic carbocycles. The lowest BCUT2D eigenvalue weighted by atomic mass is 10.1. The lowest BCUT2D eigenvalue weighted by Gasteiger charge is -2.11. The van der Waals surface area contributed by atoms with Crippen LogP contribution in [0.5, 0.6) is 0 Å². The van der Waals surface area contributed by atoms with Gasteiger partial charge in [-0.2, -0.15) is 13.2 Å². The van der Waals surface area contributed by atoms with Crippen molar-refractivity contribution in [2.45, 2.75) is 13.1 Å². The van der Waals surface area contributed by atoms with Crippen LogP contribution < -0.4 is 5.32 Å². The van der Waals surface area contributed by atoms with Gasteiger partial charge in [0.25, 0.3) is 5.91 Å². The molecule has 8 heteroatoms. The lowest BCUT2D eigenvalue weighted by molar-refractivity contribution is -0.137. The Morgan fingerprint density at radius 1 is 1.08 bits per heavy atom. The van der Waals surface area contributed by atoms with Gasteiger partial charge in [-0.3, -0.25) is 10.1 Å². The van der Waals surface area contributed by atoms with Crippen molar-refractivity contribution in [3.8, 4) is 10.6 Å². The van der Waals surface area contributed by atoms with E-state index in [1.54, 1.807) is 0 Å². The molecule has 0 aliphatic heterocycles. The summed E-state index contributed by atoms with van der Waals surface area (Å²) < 4.78 is 39.0. The third kappa shape index (κ3) is 3.85. The van der Waals surface area contributed by atoms with E-state index in [0.717, 1.165) is 34.6 Å². The fourth-order valence-electron chi connectivity index (χ4n) is 2.26. The van der Waals surface area contributed by atoms with Gasteiger partial charge in [0, 0.05) is 5.56 Å². The number of nitrogens with zero attached hydrogens (tertiary/aromatic N) is 2. The molecule has 2 aromatic carbocycles. The highest BCUT2D eigenvalue weighted by atomic mass is 32.1. The molecular formula is C17H12F3N3OS. The Hall–Kier alpha value is -2.74. The van der Waals surface area contributed by atoms with Gasteiger partial charge in [0.05, 0.1) is 11.1 Å². The number of hydrogen-bond donors (Lipinski definition) is 1. The number of carbonyl (C=O) groups is 1. The summed E-state index contributed by atoms with van der Waals surface area (Å²) in [7, 11) is 0. The number of benzene rings is 2. The van der Waals surface area contributed by atoms with E-state index >= 15 is 0 Å². The third-order valence-corrected chi connectivity index (χ3v) is 4.28. The van der Waals surface area contributed by atoms with Crippen molar-refractivity contribution in [2.75, 3.05) is 5.32 Å². The Labute approximate surface area is 145 Å². The van der Waals surface area contributed by atoms with E-state index in [4.69, 9.17) is 0 Å². The highest BCUT2D eigenvalue weighted by Gasteiger charge is 2.35. The number of amides is 1. The van der Waals surface area contributed by atoms with Crippen molar-refractivity contribution in [3.05, 3.63) is 65.2 Å². The minimum atomic E-state index is -4.61. The molecule has 0 atom stereocenters. The maximum Gasteiger partial charge on any atom is 0.417 e. The standard InChI is InChI=1S/C17H12F3N3OS/c1-10-5-4-6-11(9-10)15-22-23-16(25-15)21-14(24)12-7-2-3-8-13(12)17(18,19)20/h2-9H,1H3,(H,21,23,24). The Morgan fingerprint density at radius 3 is 2.56 bits per heavy atom. The van der Waals surface area contributed by atoms with E-state index in [1.807, 2.05) is 31.2 Å². The van der Waals surface area contributed by atoms with Crippen molar-refractivity contribution >= 4 is 22.4 Å². The van der Waals surface area contributed by atoms with Crippen molar-refractivity contribution < 1.29 is 18.0 Å². The second kappa shape index (κ2) is 6.64. The summed E-state index contributed by atoms with van der Waals surface area (Å²) in [6.45, 7) is 1.93. The first-order chi connectivity index (χ1) is 11.8. The molecule has 128 valence electrons. The van der Waals surface area contributed by atoms with Gasteiger partial charge in [0.15, 0.2) is 0 Å². The zero-order chi connectivity index (χ0) is 18.0. The number of aromatic nitrogens is 2. The van der Waals surface area contributed by atoms with Crippen LogP contribution in [0.4, 0.5) is 18.3 Å². The van der Waals surface area contributed by atoms with Gasteiger partial charge in [-0.1, -0.05) is 47.2 Å². The molecule has 25 heavy (non-hydrogen) atoms. The van der Waals surface area contributed by atoms with Crippen LogP contribution in [0.1, 0.15) is 21.5 Å². The monoisotopic (exact) mass is 363 g/mol. The van der Waals surface area contributed by atoms with Gasteiger partial charge >= 0.3 is 6.18 Å². The zero-order valence-electron chi connectivity index (χ0n) is 13.0. The van der Waals surface area contributed by atoms with Gasteiger partial charge < -0.3 is 0 Å². The molecule has 0 unspecified atom stereocenters. The highest BCUT2D eigenvalue weighted by molar-refractivity contribution is 7.18. The quantitative estimate of drug-likeness (QED) is 0.728. The average Bonchev–Trinajstić information content (AvgIpc) is 3.02. The topological polar surface area (TPSA) is 54.9 Å². The van der Waals surface area contributed by atoms with Gasteiger partial charge in [-0.25, -0.2) is 0 Å². The van der Waals surface area contributed by atoms with Crippen molar-refractivity contribution in [3.63, 3.8) is 0 Å². The molecule has 0 bridgehead atoms. The van der Waals surface area contributed by atoms with Crippen LogP contribution >= 0.6 is 11.3 Å². The predicted octanol–water partition coefficient (Wildman–Crippen LogP) is 4.78. The Morgan fingerprint density at radius 2 is 1.84 bits per heavy atom. The average molecular weight is 363 g/mol. The maximum atomic E-state index is 13.0. The molecule has 3 rings (SSSR count). The summed E-state index contributed by atoms with van der Waals surface area (Å²) in [5, 5.41) is 10.9. The van der Waals surface area contributed by atoms with Gasteiger partial charge in [0.1, 0.15) is 5.01 Å². The molecular weight excluding hydrogens is 351 g/mol. The number of aryl methyl sites for hydroxylation is 1. The normalized spacial score (nSPS) is 11.4.